The lowest BCUT2D eigenvalue weighted by Crippen LogP contribution is -2.35. The fraction of sp³-hybridized carbons (Fsp3) is 0.700. The SMILES string of the molecule is CCN(CCN)S(=O)(=O)c1cn(CC)c(C)n1. The number of rotatable bonds is 6. The molecular formula is C10H20N4O2S. The van der Waals surface area contributed by atoms with Gasteiger partial charge in [-0.05, 0) is 13.8 Å². The van der Waals surface area contributed by atoms with Crippen LogP contribution < -0.4 is 5.73 Å². The highest BCUT2D eigenvalue weighted by Gasteiger charge is 2.25. The quantitative estimate of drug-likeness (QED) is 0.791. The van der Waals surface area contributed by atoms with E-state index < -0.39 is 10.0 Å². The summed E-state index contributed by atoms with van der Waals surface area (Å²) < 4.78 is 27.6. The Hall–Kier alpha value is -0.920. The largest absolute Gasteiger partial charge is 0.334 e. The van der Waals surface area contributed by atoms with E-state index in [0.717, 1.165) is 0 Å². The molecular weight excluding hydrogens is 240 g/mol. The monoisotopic (exact) mass is 260 g/mol. The van der Waals surface area contributed by atoms with Gasteiger partial charge in [-0.1, -0.05) is 6.92 Å². The zero-order valence-corrected chi connectivity index (χ0v) is 11.4. The molecule has 0 radical (unpaired) electrons. The summed E-state index contributed by atoms with van der Waals surface area (Å²) in [4.78, 5) is 4.10. The number of nitrogens with two attached hydrogens (primary N) is 1. The molecule has 6 nitrogen and oxygen atoms in total. The van der Waals surface area contributed by atoms with Crippen LogP contribution in [0.5, 0.6) is 0 Å². The van der Waals surface area contributed by atoms with Gasteiger partial charge < -0.3 is 10.3 Å². The Kier molecular flexibility index (Phi) is 4.67. The number of nitrogens with zero attached hydrogens (tertiary/aromatic N) is 3. The lowest BCUT2D eigenvalue weighted by molar-refractivity contribution is 0.433. The average molecular weight is 260 g/mol. The Morgan fingerprint density at radius 3 is 2.53 bits per heavy atom. The summed E-state index contributed by atoms with van der Waals surface area (Å²) in [6.45, 7) is 7.26. The molecule has 0 aromatic carbocycles. The molecule has 0 fully saturated rings. The van der Waals surface area contributed by atoms with E-state index in [1.54, 1.807) is 20.0 Å². The van der Waals surface area contributed by atoms with Crippen molar-refractivity contribution in [2.24, 2.45) is 5.73 Å². The average Bonchev–Trinajstić information content (AvgIpc) is 2.67. The van der Waals surface area contributed by atoms with Crippen molar-refractivity contribution in [2.75, 3.05) is 19.6 Å². The maximum Gasteiger partial charge on any atom is 0.262 e. The second-order valence-corrected chi connectivity index (χ2v) is 5.58. The van der Waals surface area contributed by atoms with Crippen LogP contribution in [-0.2, 0) is 16.6 Å². The molecule has 0 saturated carbocycles. The van der Waals surface area contributed by atoms with E-state index in [0.29, 0.717) is 32.0 Å². The Morgan fingerprint density at radius 1 is 1.47 bits per heavy atom. The van der Waals surface area contributed by atoms with Crippen LogP contribution in [0.25, 0.3) is 0 Å². The summed E-state index contributed by atoms with van der Waals surface area (Å²) in [5, 5.41) is 0.104. The van der Waals surface area contributed by atoms with Gasteiger partial charge in [-0.25, -0.2) is 13.4 Å². The maximum absolute atomic E-state index is 12.2. The molecule has 17 heavy (non-hydrogen) atoms. The molecule has 0 unspecified atom stereocenters. The minimum absolute atomic E-state index is 0.104. The summed E-state index contributed by atoms with van der Waals surface area (Å²) in [5.74, 6) is 0.704. The van der Waals surface area contributed by atoms with Gasteiger partial charge in [-0.3, -0.25) is 0 Å². The number of aryl methyl sites for hydroxylation is 2. The van der Waals surface area contributed by atoms with Gasteiger partial charge in [-0.2, -0.15) is 4.31 Å². The van der Waals surface area contributed by atoms with Crippen molar-refractivity contribution in [1.82, 2.24) is 13.9 Å². The van der Waals surface area contributed by atoms with E-state index >= 15 is 0 Å². The van der Waals surface area contributed by atoms with Crippen LogP contribution in [0.2, 0.25) is 0 Å². The van der Waals surface area contributed by atoms with Crippen LogP contribution in [0, 0.1) is 6.92 Å². The van der Waals surface area contributed by atoms with Gasteiger partial charge in [-0.15, -0.1) is 0 Å². The summed E-state index contributed by atoms with van der Waals surface area (Å²) in [7, 11) is -3.50. The first-order valence-corrected chi connectivity index (χ1v) is 7.15. The standard InChI is InChI=1S/C10H20N4O2S/c1-4-13-8-10(12-9(13)3)17(15,16)14(5-2)7-6-11/h8H,4-7,11H2,1-3H3. The fourth-order valence-corrected chi connectivity index (χ4v) is 3.11. The molecule has 98 valence electrons. The van der Waals surface area contributed by atoms with Crippen molar-refractivity contribution in [2.45, 2.75) is 32.3 Å². The van der Waals surface area contributed by atoms with E-state index in [2.05, 4.69) is 4.98 Å². The van der Waals surface area contributed by atoms with E-state index in [9.17, 15) is 8.42 Å². The predicted molar refractivity (Wildman–Crippen MR) is 66.1 cm³/mol. The first kappa shape index (κ1) is 14.1. The Morgan fingerprint density at radius 2 is 2.12 bits per heavy atom. The number of likely N-dealkylation sites (N-methyl/N-ethyl adjacent to an activating group) is 1. The summed E-state index contributed by atoms with van der Waals surface area (Å²) >= 11 is 0. The van der Waals surface area contributed by atoms with Crippen LogP contribution in [0.4, 0.5) is 0 Å². The highest BCUT2D eigenvalue weighted by Crippen LogP contribution is 2.14. The van der Waals surface area contributed by atoms with Gasteiger partial charge in [0, 0.05) is 32.4 Å². The molecule has 0 saturated heterocycles. The third kappa shape index (κ3) is 2.85. The molecule has 0 atom stereocenters. The van der Waals surface area contributed by atoms with Gasteiger partial charge in [0.15, 0.2) is 5.03 Å². The topological polar surface area (TPSA) is 81.2 Å². The Labute approximate surface area is 102 Å². The first-order valence-electron chi connectivity index (χ1n) is 5.71. The molecule has 1 rings (SSSR count). The van der Waals surface area contributed by atoms with E-state index in [1.165, 1.54) is 4.31 Å². The zero-order chi connectivity index (χ0) is 13.1. The minimum Gasteiger partial charge on any atom is -0.334 e. The van der Waals surface area contributed by atoms with Crippen LogP contribution in [0.1, 0.15) is 19.7 Å². The second kappa shape index (κ2) is 5.61. The molecule has 0 aliphatic rings. The molecule has 1 heterocycles. The van der Waals surface area contributed by atoms with Gasteiger partial charge in [0.2, 0.25) is 0 Å². The van der Waals surface area contributed by atoms with Gasteiger partial charge >= 0.3 is 0 Å². The third-order valence-electron chi connectivity index (χ3n) is 2.63. The van der Waals surface area contributed by atoms with E-state index in [1.807, 2.05) is 11.5 Å². The highest BCUT2D eigenvalue weighted by molar-refractivity contribution is 7.89. The smallest absolute Gasteiger partial charge is 0.262 e. The molecule has 1 aromatic heterocycles. The molecule has 0 spiro atoms. The van der Waals surface area contributed by atoms with Crippen LogP contribution >= 0.6 is 0 Å². The van der Waals surface area contributed by atoms with Crippen molar-refractivity contribution >= 4 is 10.0 Å². The van der Waals surface area contributed by atoms with Crippen LogP contribution in [0.3, 0.4) is 0 Å². The molecule has 1 aromatic rings. The summed E-state index contributed by atoms with van der Waals surface area (Å²) in [6.07, 6.45) is 1.57. The molecule has 0 bridgehead atoms. The molecule has 2 N–H and O–H groups in total. The van der Waals surface area contributed by atoms with Gasteiger partial charge in [0.1, 0.15) is 5.82 Å². The fourth-order valence-electron chi connectivity index (χ4n) is 1.65. The third-order valence-corrected chi connectivity index (χ3v) is 4.48. The van der Waals surface area contributed by atoms with Crippen molar-refractivity contribution in [1.29, 1.82) is 0 Å². The number of aromatic nitrogens is 2. The molecule has 0 aliphatic carbocycles. The lowest BCUT2D eigenvalue weighted by Gasteiger charge is -2.17. The van der Waals surface area contributed by atoms with E-state index in [4.69, 9.17) is 5.73 Å². The number of imidazole rings is 1. The lowest BCUT2D eigenvalue weighted by atomic mass is 10.6. The van der Waals surface area contributed by atoms with Crippen LogP contribution in [-0.4, -0.2) is 41.9 Å². The predicted octanol–water partition coefficient (Wildman–Crippen LogP) is 0.181. The zero-order valence-electron chi connectivity index (χ0n) is 10.5. The summed E-state index contributed by atoms with van der Waals surface area (Å²) in [5.41, 5.74) is 5.41. The van der Waals surface area contributed by atoms with Crippen molar-refractivity contribution in [3.05, 3.63) is 12.0 Å². The Bertz CT molecular complexity index is 467. The molecule has 0 aliphatic heterocycles. The second-order valence-electron chi connectivity index (χ2n) is 3.70. The van der Waals surface area contributed by atoms with Gasteiger partial charge in [0.05, 0.1) is 0 Å². The van der Waals surface area contributed by atoms with Crippen molar-refractivity contribution < 1.29 is 8.42 Å². The number of hydrogen-bond donors (Lipinski definition) is 1. The maximum atomic E-state index is 12.2. The van der Waals surface area contributed by atoms with Crippen molar-refractivity contribution in [3.8, 4) is 0 Å². The van der Waals surface area contributed by atoms with Crippen LogP contribution in [0.15, 0.2) is 11.2 Å². The first-order chi connectivity index (χ1) is 7.97. The normalized spacial score (nSPS) is 12.3. The highest BCUT2D eigenvalue weighted by atomic mass is 32.2. The summed E-state index contributed by atoms with van der Waals surface area (Å²) in [6, 6.07) is 0. The Balaban J connectivity index is 3.11. The molecule has 7 heteroatoms. The van der Waals surface area contributed by atoms with Crippen molar-refractivity contribution in [3.63, 3.8) is 0 Å². The molecule has 0 amide bonds. The van der Waals surface area contributed by atoms with E-state index in [-0.39, 0.29) is 5.03 Å². The number of sulfonamides is 1. The number of hydrogen-bond acceptors (Lipinski definition) is 4. The minimum atomic E-state index is -3.50. The van der Waals surface area contributed by atoms with Gasteiger partial charge in [0.25, 0.3) is 10.0 Å².